The van der Waals surface area contributed by atoms with E-state index >= 15 is 0 Å². The molecule has 0 aromatic carbocycles. The molecule has 2 N–H and O–H groups in total. The number of carbonyl (C=O) groups is 1. The number of nitrogens with zero attached hydrogens (tertiary/aromatic N) is 1. The first-order valence-corrected chi connectivity index (χ1v) is 23.8. The molecule has 3 unspecified atom stereocenters. The molecule has 1 amide bonds. The number of aliphatic hydroxyl groups is 1. The third-order valence-electron chi connectivity index (χ3n) is 9.42. The summed E-state index contributed by atoms with van der Waals surface area (Å²) in [7, 11) is 1.21. The molecule has 0 aliphatic rings. The highest BCUT2D eigenvalue weighted by Crippen LogP contribution is 2.38. The van der Waals surface area contributed by atoms with Crippen LogP contribution in [0.4, 0.5) is 0 Å². The average molecular weight is 805 g/mol. The van der Waals surface area contributed by atoms with Crippen molar-refractivity contribution in [1.29, 1.82) is 0 Å². The molecular weight excluding hydrogens is 719 g/mol. The van der Waals surface area contributed by atoms with Gasteiger partial charge in [-0.1, -0.05) is 177 Å². The van der Waals surface area contributed by atoms with Gasteiger partial charge in [-0.25, -0.2) is 0 Å². The molecule has 3 atom stereocenters. The molecule has 56 heavy (non-hydrogen) atoms. The Kier molecular flexibility index (Phi) is 37.0. The number of quaternary nitrogens is 1. The maximum absolute atomic E-state index is 12.8. The molecule has 324 valence electrons. The Morgan fingerprint density at radius 3 is 1.57 bits per heavy atom. The van der Waals surface area contributed by atoms with Crippen LogP contribution in [-0.2, 0) is 18.4 Å². The number of rotatable bonds is 39. The number of hydrogen-bond donors (Lipinski definition) is 2. The first kappa shape index (κ1) is 53.9. The Hall–Kier alpha value is -2.06. The fourth-order valence-electron chi connectivity index (χ4n) is 5.89. The van der Waals surface area contributed by atoms with Gasteiger partial charge in [0.15, 0.2) is 0 Å². The number of amides is 1. The molecule has 0 aliphatic heterocycles. The predicted molar refractivity (Wildman–Crippen MR) is 237 cm³/mol. The number of phosphoric ester groups is 1. The molecule has 0 fully saturated rings. The van der Waals surface area contributed by atoms with Crippen molar-refractivity contribution >= 4 is 13.7 Å². The molecule has 0 spiro atoms. The minimum absolute atomic E-state index is 0.0151. The lowest BCUT2D eigenvalue weighted by molar-refractivity contribution is -0.870. The molecule has 0 bridgehead atoms. The fraction of sp³-hybridized carbons (Fsp3) is 0.723. The predicted octanol–water partition coefficient (Wildman–Crippen LogP) is 11.8. The maximum Gasteiger partial charge on any atom is 0.268 e. The highest BCUT2D eigenvalue weighted by atomic mass is 31.2. The normalized spacial score (nSPS) is 15.1. The molecule has 0 rings (SSSR count). The Labute approximate surface area is 344 Å². The Bertz CT molecular complexity index is 1140. The summed E-state index contributed by atoms with van der Waals surface area (Å²) < 4.78 is 23.2. The highest BCUT2D eigenvalue weighted by molar-refractivity contribution is 7.45. The Morgan fingerprint density at radius 1 is 0.643 bits per heavy atom. The van der Waals surface area contributed by atoms with Gasteiger partial charge >= 0.3 is 0 Å². The van der Waals surface area contributed by atoms with Gasteiger partial charge in [0.05, 0.1) is 39.9 Å². The van der Waals surface area contributed by atoms with E-state index in [-0.39, 0.29) is 18.9 Å². The van der Waals surface area contributed by atoms with E-state index in [2.05, 4.69) is 79.9 Å². The second-order valence-corrected chi connectivity index (χ2v) is 17.4. The van der Waals surface area contributed by atoms with Crippen LogP contribution in [0.1, 0.15) is 168 Å². The van der Waals surface area contributed by atoms with Gasteiger partial charge in [-0.05, 0) is 57.8 Å². The van der Waals surface area contributed by atoms with Crippen molar-refractivity contribution in [3.8, 4) is 0 Å². The minimum atomic E-state index is -4.61. The van der Waals surface area contributed by atoms with E-state index in [1.807, 2.05) is 27.2 Å². The smallest absolute Gasteiger partial charge is 0.268 e. The van der Waals surface area contributed by atoms with Crippen molar-refractivity contribution in [2.45, 2.75) is 180 Å². The largest absolute Gasteiger partial charge is 0.756 e. The molecule has 0 aromatic rings. The van der Waals surface area contributed by atoms with Crippen LogP contribution in [-0.4, -0.2) is 68.5 Å². The number of hydrogen-bond acceptors (Lipinski definition) is 6. The van der Waals surface area contributed by atoms with Gasteiger partial charge in [-0.3, -0.25) is 9.36 Å². The van der Waals surface area contributed by atoms with Crippen molar-refractivity contribution < 1.29 is 32.9 Å². The van der Waals surface area contributed by atoms with Gasteiger partial charge in [-0.15, -0.1) is 0 Å². The van der Waals surface area contributed by atoms with Crippen LogP contribution in [0, 0.1) is 0 Å². The summed E-state index contributed by atoms with van der Waals surface area (Å²) in [5, 5.41) is 13.7. The number of likely N-dealkylation sites (N-methyl/N-ethyl adjacent to an activating group) is 1. The van der Waals surface area contributed by atoms with Crippen molar-refractivity contribution in [3.05, 3.63) is 72.9 Å². The minimum Gasteiger partial charge on any atom is -0.756 e. The zero-order valence-electron chi connectivity index (χ0n) is 36.6. The van der Waals surface area contributed by atoms with Crippen LogP contribution in [0.2, 0.25) is 0 Å². The van der Waals surface area contributed by atoms with E-state index in [1.165, 1.54) is 83.5 Å². The molecular formula is C47H85N2O6P. The molecule has 0 saturated carbocycles. The number of allylic oxidation sites excluding steroid dienone is 11. The first-order chi connectivity index (χ1) is 27.0. The Balaban J connectivity index is 4.55. The fourth-order valence-corrected chi connectivity index (χ4v) is 6.62. The second kappa shape index (κ2) is 38.5. The lowest BCUT2D eigenvalue weighted by atomic mass is 10.0. The third kappa shape index (κ3) is 40.1. The summed E-state index contributed by atoms with van der Waals surface area (Å²) in [6, 6.07) is -0.919. The van der Waals surface area contributed by atoms with Gasteiger partial charge in [0.1, 0.15) is 13.2 Å². The maximum atomic E-state index is 12.8. The van der Waals surface area contributed by atoms with Crippen LogP contribution in [0.5, 0.6) is 0 Å². The van der Waals surface area contributed by atoms with Crippen LogP contribution < -0.4 is 10.2 Å². The standard InChI is InChI=1S/C47H85N2O6P/c1-6-8-10-12-14-16-18-20-22-24-26-28-30-32-34-36-38-40-46(50)45(44-55-56(52,53)54-43-42-49(3,4)5)48-47(51)41-39-37-35-33-31-29-27-25-23-21-19-17-15-13-11-9-7-2/h9,11,15,17,21,23,27,29,33,35,38,40,45-46,50H,6-8,10,12-14,16,18-20,22,24-26,28,30-32,34,36-37,39,41-44H2,1-5H3,(H-,48,51,52,53)/b11-9-,17-15-,23-21-,29-27-,35-33-,40-38+. The summed E-state index contributed by atoms with van der Waals surface area (Å²) in [5.41, 5.74) is 0. The monoisotopic (exact) mass is 805 g/mol. The molecule has 0 saturated heterocycles. The van der Waals surface area contributed by atoms with E-state index in [1.54, 1.807) is 6.08 Å². The highest BCUT2D eigenvalue weighted by Gasteiger charge is 2.23. The van der Waals surface area contributed by atoms with Gasteiger partial charge in [-0.2, -0.15) is 0 Å². The van der Waals surface area contributed by atoms with Crippen molar-refractivity contribution in [2.75, 3.05) is 40.9 Å². The van der Waals surface area contributed by atoms with Crippen molar-refractivity contribution in [1.82, 2.24) is 5.32 Å². The van der Waals surface area contributed by atoms with Crippen molar-refractivity contribution in [3.63, 3.8) is 0 Å². The average Bonchev–Trinajstić information content (AvgIpc) is 3.15. The molecule has 0 radical (unpaired) electrons. The summed E-state index contributed by atoms with van der Waals surface area (Å²) in [6.07, 6.45) is 51.0. The molecule has 0 aliphatic carbocycles. The topological polar surface area (TPSA) is 108 Å². The number of aliphatic hydroxyl groups excluding tert-OH is 1. The lowest BCUT2D eigenvalue weighted by Gasteiger charge is -2.29. The molecule has 0 heterocycles. The summed E-state index contributed by atoms with van der Waals surface area (Å²) in [6.45, 7) is 4.47. The second-order valence-electron chi connectivity index (χ2n) is 16.0. The SMILES string of the molecule is CC/C=C\C/C=C\C/C=C\C/C=C\C/C=C\CCCC(=O)NC(COP(=O)([O-])OCC[N+](C)(C)C)C(O)/C=C/CCCCCCCCCCCCCCCCC. The zero-order valence-corrected chi connectivity index (χ0v) is 37.5. The van der Waals surface area contributed by atoms with Crippen LogP contribution in [0.3, 0.4) is 0 Å². The summed E-state index contributed by atoms with van der Waals surface area (Å²) in [5.74, 6) is -0.257. The van der Waals surface area contributed by atoms with E-state index in [0.29, 0.717) is 17.4 Å². The Morgan fingerprint density at radius 2 is 1.09 bits per heavy atom. The van der Waals surface area contributed by atoms with Crippen LogP contribution >= 0.6 is 7.82 Å². The quantitative estimate of drug-likeness (QED) is 0.0277. The number of phosphoric acid groups is 1. The van der Waals surface area contributed by atoms with Gasteiger partial charge in [0.2, 0.25) is 5.91 Å². The lowest BCUT2D eigenvalue weighted by Crippen LogP contribution is -2.45. The zero-order chi connectivity index (χ0) is 41.4. The van der Waals surface area contributed by atoms with E-state index in [9.17, 15) is 19.4 Å². The van der Waals surface area contributed by atoms with Gasteiger partial charge in [0.25, 0.3) is 7.82 Å². The molecule has 0 aromatic heterocycles. The first-order valence-electron chi connectivity index (χ1n) is 22.3. The number of nitrogens with one attached hydrogen (secondary N) is 1. The van der Waals surface area contributed by atoms with Gasteiger partial charge < -0.3 is 28.8 Å². The van der Waals surface area contributed by atoms with Crippen LogP contribution in [0.15, 0.2) is 72.9 Å². The number of carbonyl (C=O) groups excluding carboxylic acids is 1. The third-order valence-corrected chi connectivity index (χ3v) is 10.4. The molecule has 8 nitrogen and oxygen atoms in total. The van der Waals surface area contributed by atoms with E-state index in [0.717, 1.165) is 57.8 Å². The van der Waals surface area contributed by atoms with Crippen LogP contribution in [0.25, 0.3) is 0 Å². The summed E-state index contributed by atoms with van der Waals surface area (Å²) in [4.78, 5) is 25.3. The number of unbranched alkanes of at least 4 members (excludes halogenated alkanes) is 16. The van der Waals surface area contributed by atoms with E-state index < -0.39 is 26.6 Å². The molecule has 9 heteroatoms. The van der Waals surface area contributed by atoms with E-state index in [4.69, 9.17) is 9.05 Å². The van der Waals surface area contributed by atoms with Crippen molar-refractivity contribution in [2.24, 2.45) is 0 Å². The summed E-state index contributed by atoms with van der Waals surface area (Å²) >= 11 is 0. The van der Waals surface area contributed by atoms with Gasteiger partial charge in [0, 0.05) is 6.42 Å².